The molecule has 0 unspecified atom stereocenters. The first kappa shape index (κ1) is 37.3. The fourth-order valence-corrected chi connectivity index (χ4v) is 7.76. The summed E-state index contributed by atoms with van der Waals surface area (Å²) < 4.78 is 39.0. The van der Waals surface area contributed by atoms with Crippen LogP contribution in [-0.4, -0.2) is 72.2 Å². The summed E-state index contributed by atoms with van der Waals surface area (Å²) in [6, 6.07) is 34.6. The summed E-state index contributed by atoms with van der Waals surface area (Å²) in [4.78, 5) is 26.4. The van der Waals surface area contributed by atoms with Gasteiger partial charge in [-0.1, -0.05) is 72.8 Å². The van der Waals surface area contributed by atoms with Crippen LogP contribution in [-0.2, 0) is 35.9 Å². The van der Waals surface area contributed by atoms with Gasteiger partial charge in [0.25, 0.3) is 5.91 Å². The fourth-order valence-electron chi connectivity index (χ4n) is 6.63. The number of rotatable bonds is 14. The molecular weight excluding hydrogens is 726 g/mol. The van der Waals surface area contributed by atoms with E-state index in [2.05, 4.69) is 20.3 Å². The SMILES string of the molecule is COc1ccc(C(OC[C@H]2O[C@@H](n3cnc4c(NC(=O)c5ccccc5)ncnc43)C[C@@H]2O[P@@](C)(=S)OC)(c2ccccc2)c2ccc(OC)cc2)cc1. The summed E-state index contributed by atoms with van der Waals surface area (Å²) in [6.07, 6.45) is 1.74. The number of ether oxygens (including phenoxy) is 4. The number of hydrogen-bond donors (Lipinski definition) is 1. The molecule has 3 heterocycles. The molecule has 14 heteroatoms. The number of fused-ring (bicyclic) bond motifs is 1. The van der Waals surface area contributed by atoms with Crippen LogP contribution in [0, 0.1) is 0 Å². The minimum absolute atomic E-state index is 0.104. The van der Waals surface area contributed by atoms with Crippen molar-refractivity contribution < 1.29 is 32.8 Å². The van der Waals surface area contributed by atoms with Crippen LogP contribution < -0.4 is 14.8 Å². The van der Waals surface area contributed by atoms with Crippen molar-refractivity contribution >= 4 is 41.2 Å². The van der Waals surface area contributed by atoms with Crippen LogP contribution in [0.15, 0.2) is 122 Å². The number of methoxy groups -OCH3 is 2. The van der Waals surface area contributed by atoms with E-state index in [0.717, 1.165) is 28.2 Å². The van der Waals surface area contributed by atoms with Crippen LogP contribution in [0.25, 0.3) is 11.2 Å². The second kappa shape index (κ2) is 16.2. The number of imidazole rings is 1. The number of nitrogens with zero attached hydrogens (tertiary/aromatic N) is 4. The molecular formula is C40H40N5O7PS. The highest BCUT2D eigenvalue weighted by Gasteiger charge is 2.44. The Morgan fingerprint density at radius 3 is 2.04 bits per heavy atom. The molecule has 1 aliphatic heterocycles. The van der Waals surface area contributed by atoms with Crippen molar-refractivity contribution in [1.29, 1.82) is 0 Å². The smallest absolute Gasteiger partial charge is 0.256 e. The molecule has 278 valence electrons. The van der Waals surface area contributed by atoms with Crippen LogP contribution >= 0.6 is 6.49 Å². The van der Waals surface area contributed by atoms with Gasteiger partial charge in [0.15, 0.2) is 23.5 Å². The van der Waals surface area contributed by atoms with E-state index in [1.807, 2.05) is 89.5 Å². The van der Waals surface area contributed by atoms with Crippen molar-refractivity contribution in [1.82, 2.24) is 19.5 Å². The highest BCUT2D eigenvalue weighted by molar-refractivity contribution is 8.09. The van der Waals surface area contributed by atoms with Gasteiger partial charge in [-0.25, -0.2) is 15.0 Å². The van der Waals surface area contributed by atoms with Gasteiger partial charge >= 0.3 is 0 Å². The first-order chi connectivity index (χ1) is 26.2. The van der Waals surface area contributed by atoms with Gasteiger partial charge in [-0.15, -0.1) is 0 Å². The third-order valence-electron chi connectivity index (χ3n) is 9.41. The Labute approximate surface area is 318 Å². The number of aromatic nitrogens is 4. The lowest BCUT2D eigenvalue weighted by atomic mass is 9.80. The largest absolute Gasteiger partial charge is 0.497 e. The van der Waals surface area contributed by atoms with Crippen LogP contribution in [0.5, 0.6) is 11.5 Å². The fraction of sp³-hybridized carbons (Fsp3) is 0.250. The van der Waals surface area contributed by atoms with Crippen molar-refractivity contribution in [3.63, 3.8) is 0 Å². The van der Waals surface area contributed by atoms with E-state index >= 15 is 0 Å². The molecule has 4 aromatic carbocycles. The summed E-state index contributed by atoms with van der Waals surface area (Å²) in [5, 5.41) is 2.87. The van der Waals surface area contributed by atoms with Crippen molar-refractivity contribution in [2.75, 3.05) is 39.9 Å². The molecule has 12 nitrogen and oxygen atoms in total. The standard InChI is InChI=1S/C40H40N5O7PS/c1-47-31-19-15-29(16-20-31)40(28-13-9-6-10-14-28,30-17-21-32(48-2)22-18-30)50-24-34-33(52-53(4,54)49-3)23-35(51-34)45-26-43-36-37(41-25-42-38(36)45)44-39(46)27-11-7-5-8-12-27/h5-22,25-26,33-35H,23-24H2,1-4H3,(H,41,42,44,46)/t33-,34+,35+,53-/m0/s1. The predicted molar refractivity (Wildman–Crippen MR) is 209 cm³/mol. The van der Waals surface area contributed by atoms with Gasteiger partial charge in [-0.3, -0.25) is 9.36 Å². The minimum atomic E-state index is -2.65. The lowest BCUT2D eigenvalue weighted by Gasteiger charge is -2.37. The number of benzene rings is 4. The molecule has 1 amide bonds. The number of anilines is 1. The van der Waals surface area contributed by atoms with Gasteiger partial charge in [-0.2, -0.15) is 0 Å². The molecule has 54 heavy (non-hydrogen) atoms. The normalized spacial score (nSPS) is 18.3. The molecule has 0 spiro atoms. The van der Waals surface area contributed by atoms with Crippen molar-refractivity contribution in [2.45, 2.75) is 30.5 Å². The van der Waals surface area contributed by atoms with E-state index in [0.29, 0.717) is 23.1 Å². The molecule has 0 aliphatic carbocycles. The molecule has 1 aliphatic rings. The van der Waals surface area contributed by atoms with E-state index in [-0.39, 0.29) is 18.3 Å². The average molecular weight is 766 g/mol. The second-order valence-electron chi connectivity index (χ2n) is 12.6. The Morgan fingerprint density at radius 1 is 0.852 bits per heavy atom. The van der Waals surface area contributed by atoms with Crippen LogP contribution in [0.4, 0.5) is 5.82 Å². The van der Waals surface area contributed by atoms with Crippen molar-refractivity contribution in [3.8, 4) is 11.5 Å². The maximum Gasteiger partial charge on any atom is 0.256 e. The molecule has 0 bridgehead atoms. The van der Waals surface area contributed by atoms with E-state index < -0.39 is 30.5 Å². The topological polar surface area (TPSA) is 128 Å². The molecule has 1 saturated heterocycles. The zero-order chi connectivity index (χ0) is 37.7. The van der Waals surface area contributed by atoms with Gasteiger partial charge < -0.3 is 33.3 Å². The van der Waals surface area contributed by atoms with Crippen LogP contribution in [0.3, 0.4) is 0 Å². The quantitative estimate of drug-likeness (QED) is 0.0883. The molecule has 1 N–H and O–H groups in total. The Morgan fingerprint density at radius 2 is 1.44 bits per heavy atom. The second-order valence-corrected chi connectivity index (χ2v) is 16.8. The first-order valence-electron chi connectivity index (χ1n) is 17.2. The van der Waals surface area contributed by atoms with Gasteiger partial charge in [0.1, 0.15) is 35.8 Å². The maximum atomic E-state index is 13.0. The monoisotopic (exact) mass is 765 g/mol. The molecule has 6 aromatic rings. The molecule has 7 rings (SSSR count). The van der Waals surface area contributed by atoms with Gasteiger partial charge in [0.05, 0.1) is 33.3 Å². The summed E-state index contributed by atoms with van der Waals surface area (Å²) >= 11 is 5.75. The minimum Gasteiger partial charge on any atom is -0.497 e. The zero-order valence-corrected chi connectivity index (χ0v) is 31.9. The van der Waals surface area contributed by atoms with E-state index in [1.165, 1.54) is 6.33 Å². The first-order valence-corrected chi connectivity index (χ1v) is 20.3. The van der Waals surface area contributed by atoms with Crippen LogP contribution in [0.2, 0.25) is 0 Å². The van der Waals surface area contributed by atoms with Crippen LogP contribution in [0.1, 0.15) is 39.7 Å². The summed E-state index contributed by atoms with van der Waals surface area (Å²) in [6.45, 7) is -0.755. The average Bonchev–Trinajstić information content (AvgIpc) is 3.83. The predicted octanol–water partition coefficient (Wildman–Crippen LogP) is 7.36. The number of hydrogen-bond acceptors (Lipinski definition) is 11. The van der Waals surface area contributed by atoms with Crippen molar-refractivity contribution in [3.05, 3.63) is 144 Å². The van der Waals surface area contributed by atoms with Crippen molar-refractivity contribution in [2.24, 2.45) is 0 Å². The summed E-state index contributed by atoms with van der Waals surface area (Å²) in [5.74, 6) is 1.42. The highest BCUT2D eigenvalue weighted by Crippen LogP contribution is 2.49. The molecule has 0 radical (unpaired) electrons. The third-order valence-corrected chi connectivity index (χ3v) is 11.4. The Balaban J connectivity index is 1.24. The number of carbonyl (C=O) groups excluding carboxylic acids is 1. The van der Waals surface area contributed by atoms with Gasteiger partial charge in [0.2, 0.25) is 0 Å². The Hall–Kier alpha value is -5.01. The number of nitrogens with one attached hydrogen (secondary N) is 1. The van der Waals surface area contributed by atoms with E-state index in [4.69, 9.17) is 39.8 Å². The third kappa shape index (κ3) is 7.65. The molecule has 0 saturated carbocycles. The molecule has 2 aromatic heterocycles. The number of carbonyl (C=O) groups is 1. The van der Waals surface area contributed by atoms with E-state index in [1.54, 1.807) is 58.6 Å². The van der Waals surface area contributed by atoms with Gasteiger partial charge in [-0.05, 0) is 64.9 Å². The lowest BCUT2D eigenvalue weighted by Crippen LogP contribution is -2.38. The number of amides is 1. The van der Waals surface area contributed by atoms with E-state index in [9.17, 15) is 4.79 Å². The lowest BCUT2D eigenvalue weighted by molar-refractivity contribution is -0.0902. The summed E-state index contributed by atoms with van der Waals surface area (Å²) in [7, 11) is 4.83. The zero-order valence-electron chi connectivity index (χ0n) is 30.2. The highest BCUT2D eigenvalue weighted by atomic mass is 32.5. The van der Waals surface area contributed by atoms with Gasteiger partial charge in [0, 0.05) is 25.8 Å². The Bertz CT molecular complexity index is 2190. The maximum absolute atomic E-state index is 13.0. The Kier molecular flexibility index (Phi) is 11.2. The molecule has 4 atom stereocenters. The summed E-state index contributed by atoms with van der Waals surface area (Å²) in [5.41, 5.74) is 2.99. The molecule has 1 fully saturated rings.